The molecule has 0 amide bonds. The van der Waals surface area contributed by atoms with Crippen LogP contribution in [0.1, 0.15) is 18.1 Å². The van der Waals surface area contributed by atoms with E-state index in [0.717, 1.165) is 19.4 Å². The topological polar surface area (TPSA) is 18.5 Å². The van der Waals surface area contributed by atoms with Gasteiger partial charge in [-0.15, -0.1) is 0 Å². The van der Waals surface area contributed by atoms with E-state index in [-0.39, 0.29) is 12.4 Å². The van der Waals surface area contributed by atoms with Crippen LogP contribution in [-0.2, 0) is 22.3 Å². The van der Waals surface area contributed by atoms with E-state index in [1.54, 1.807) is 0 Å². The van der Waals surface area contributed by atoms with Crippen molar-refractivity contribution < 1.29 is 9.47 Å². The van der Waals surface area contributed by atoms with E-state index < -0.39 is 0 Å². The highest BCUT2D eigenvalue weighted by atomic mass is 16.7. The second-order valence-electron chi connectivity index (χ2n) is 4.59. The Kier molecular flexibility index (Phi) is 2.26. The maximum absolute atomic E-state index is 5.75. The molecule has 1 saturated heterocycles. The molecule has 0 saturated carbocycles. The molecule has 1 aliphatic carbocycles. The molecule has 0 bridgehead atoms. The van der Waals surface area contributed by atoms with E-state index in [1.165, 1.54) is 11.1 Å². The maximum Gasteiger partial charge on any atom is 0.161 e. The van der Waals surface area contributed by atoms with Gasteiger partial charge in [0.2, 0.25) is 0 Å². The molecular weight excluding hydrogens is 188 g/mol. The van der Waals surface area contributed by atoms with E-state index in [1.807, 2.05) is 0 Å². The Morgan fingerprint density at radius 3 is 2.33 bits per heavy atom. The highest BCUT2D eigenvalue weighted by molar-refractivity contribution is 5.32. The minimum atomic E-state index is 0.0207. The summed E-state index contributed by atoms with van der Waals surface area (Å²) in [6, 6.07) is 8.65. The summed E-state index contributed by atoms with van der Waals surface area (Å²) in [5, 5.41) is 0. The van der Waals surface area contributed by atoms with Gasteiger partial charge in [0, 0.05) is 5.92 Å². The summed E-state index contributed by atoms with van der Waals surface area (Å²) < 4.78 is 11.4. The predicted molar refractivity (Wildman–Crippen MR) is 57.6 cm³/mol. The van der Waals surface area contributed by atoms with Gasteiger partial charge in [-0.2, -0.15) is 0 Å². The van der Waals surface area contributed by atoms with Gasteiger partial charge in [-0.25, -0.2) is 0 Å². The quantitative estimate of drug-likeness (QED) is 0.698. The van der Waals surface area contributed by atoms with E-state index in [0.29, 0.717) is 5.92 Å². The summed E-state index contributed by atoms with van der Waals surface area (Å²) in [6.07, 6.45) is 2.49. The highest BCUT2D eigenvalue weighted by Crippen LogP contribution is 2.32. The average molecular weight is 204 g/mol. The standard InChI is InChI=1S/C13H16O2/c1-9-8-14-13(15-9)12-6-10-4-2-3-5-11(10)7-12/h2-5,9,12-13H,6-8H2,1H3. The maximum atomic E-state index is 5.75. The summed E-state index contributed by atoms with van der Waals surface area (Å²) in [5.74, 6) is 0.521. The first kappa shape index (κ1) is 9.37. The lowest BCUT2D eigenvalue weighted by Gasteiger charge is -2.16. The zero-order valence-electron chi connectivity index (χ0n) is 8.98. The van der Waals surface area contributed by atoms with Crippen molar-refractivity contribution in [1.82, 2.24) is 0 Å². The lowest BCUT2D eigenvalue weighted by molar-refractivity contribution is -0.0914. The average Bonchev–Trinajstić information content (AvgIpc) is 2.82. The summed E-state index contributed by atoms with van der Waals surface area (Å²) >= 11 is 0. The minimum Gasteiger partial charge on any atom is -0.350 e. The Hall–Kier alpha value is -0.860. The van der Waals surface area contributed by atoms with Crippen LogP contribution < -0.4 is 0 Å². The summed E-state index contributed by atoms with van der Waals surface area (Å²) in [7, 11) is 0. The van der Waals surface area contributed by atoms with Gasteiger partial charge < -0.3 is 9.47 Å². The van der Waals surface area contributed by atoms with E-state index >= 15 is 0 Å². The molecule has 1 aliphatic heterocycles. The monoisotopic (exact) mass is 204 g/mol. The van der Waals surface area contributed by atoms with Crippen LogP contribution in [0.5, 0.6) is 0 Å². The molecule has 1 heterocycles. The second-order valence-corrected chi connectivity index (χ2v) is 4.59. The van der Waals surface area contributed by atoms with E-state index in [4.69, 9.17) is 9.47 Å². The molecule has 0 spiro atoms. The van der Waals surface area contributed by atoms with Crippen molar-refractivity contribution in [2.24, 2.45) is 5.92 Å². The molecule has 1 aromatic rings. The van der Waals surface area contributed by atoms with Gasteiger partial charge in [0.1, 0.15) is 0 Å². The van der Waals surface area contributed by atoms with Crippen molar-refractivity contribution >= 4 is 0 Å². The molecular formula is C13H16O2. The lowest BCUT2D eigenvalue weighted by Crippen LogP contribution is -2.22. The normalized spacial score (nSPS) is 30.7. The number of rotatable bonds is 1. The van der Waals surface area contributed by atoms with Gasteiger partial charge in [-0.1, -0.05) is 24.3 Å². The molecule has 15 heavy (non-hydrogen) atoms. The summed E-state index contributed by atoms with van der Waals surface area (Å²) in [5.41, 5.74) is 2.93. The van der Waals surface area contributed by atoms with Crippen molar-refractivity contribution in [3.8, 4) is 0 Å². The van der Waals surface area contributed by atoms with Crippen LogP contribution in [0.3, 0.4) is 0 Å². The van der Waals surface area contributed by atoms with Crippen LogP contribution >= 0.6 is 0 Å². The SMILES string of the molecule is CC1COC(C2Cc3ccccc3C2)O1. The van der Waals surface area contributed by atoms with Crippen LogP contribution in [0.2, 0.25) is 0 Å². The van der Waals surface area contributed by atoms with Crippen LogP contribution in [0, 0.1) is 5.92 Å². The van der Waals surface area contributed by atoms with Crippen molar-refractivity contribution in [3.05, 3.63) is 35.4 Å². The molecule has 80 valence electrons. The van der Waals surface area contributed by atoms with Gasteiger partial charge in [0.15, 0.2) is 6.29 Å². The lowest BCUT2D eigenvalue weighted by atomic mass is 10.1. The van der Waals surface area contributed by atoms with Crippen LogP contribution in [0.25, 0.3) is 0 Å². The Labute approximate surface area is 90.2 Å². The third kappa shape index (κ3) is 1.68. The largest absolute Gasteiger partial charge is 0.350 e. The van der Waals surface area contributed by atoms with Gasteiger partial charge in [0.05, 0.1) is 12.7 Å². The fourth-order valence-corrected chi connectivity index (χ4v) is 2.57. The fraction of sp³-hybridized carbons (Fsp3) is 0.538. The zero-order chi connectivity index (χ0) is 10.3. The number of hydrogen-bond donors (Lipinski definition) is 0. The Morgan fingerprint density at radius 2 is 1.80 bits per heavy atom. The van der Waals surface area contributed by atoms with Crippen LogP contribution in [0.4, 0.5) is 0 Å². The van der Waals surface area contributed by atoms with Crippen molar-refractivity contribution in [3.63, 3.8) is 0 Å². The van der Waals surface area contributed by atoms with E-state index in [2.05, 4.69) is 31.2 Å². The van der Waals surface area contributed by atoms with Crippen molar-refractivity contribution in [1.29, 1.82) is 0 Å². The Morgan fingerprint density at radius 1 is 1.13 bits per heavy atom. The molecule has 0 radical (unpaired) electrons. The first-order valence-electron chi connectivity index (χ1n) is 5.67. The number of hydrogen-bond acceptors (Lipinski definition) is 2. The van der Waals surface area contributed by atoms with Crippen LogP contribution in [-0.4, -0.2) is 19.0 Å². The fourth-order valence-electron chi connectivity index (χ4n) is 2.57. The van der Waals surface area contributed by atoms with Crippen molar-refractivity contribution in [2.45, 2.75) is 32.2 Å². The molecule has 2 aliphatic rings. The molecule has 2 atom stereocenters. The Bertz CT molecular complexity index is 336. The number of fused-ring (bicyclic) bond motifs is 1. The smallest absolute Gasteiger partial charge is 0.161 e. The van der Waals surface area contributed by atoms with Gasteiger partial charge >= 0.3 is 0 Å². The third-order valence-corrected chi connectivity index (χ3v) is 3.33. The molecule has 0 aromatic heterocycles. The van der Waals surface area contributed by atoms with Crippen molar-refractivity contribution in [2.75, 3.05) is 6.61 Å². The number of benzene rings is 1. The van der Waals surface area contributed by atoms with E-state index in [9.17, 15) is 0 Å². The highest BCUT2D eigenvalue weighted by Gasteiger charge is 2.34. The zero-order valence-corrected chi connectivity index (χ0v) is 8.98. The molecule has 2 heteroatoms. The summed E-state index contributed by atoms with van der Waals surface area (Å²) in [6.45, 7) is 2.82. The molecule has 3 rings (SSSR count). The van der Waals surface area contributed by atoms with Gasteiger partial charge in [-0.05, 0) is 30.9 Å². The number of ether oxygens (including phenoxy) is 2. The molecule has 0 N–H and O–H groups in total. The second kappa shape index (κ2) is 3.62. The molecule has 2 nitrogen and oxygen atoms in total. The predicted octanol–water partition coefficient (Wildman–Crippen LogP) is 2.16. The summed E-state index contributed by atoms with van der Waals surface area (Å²) in [4.78, 5) is 0. The third-order valence-electron chi connectivity index (χ3n) is 3.33. The minimum absolute atomic E-state index is 0.0207. The van der Waals surface area contributed by atoms with Gasteiger partial charge in [-0.3, -0.25) is 0 Å². The molecule has 1 aromatic carbocycles. The Balaban J connectivity index is 1.73. The van der Waals surface area contributed by atoms with Gasteiger partial charge in [0.25, 0.3) is 0 Å². The first-order valence-corrected chi connectivity index (χ1v) is 5.67. The molecule has 1 fully saturated rings. The van der Waals surface area contributed by atoms with Crippen LogP contribution in [0.15, 0.2) is 24.3 Å². The first-order chi connectivity index (χ1) is 7.33. The molecule has 2 unspecified atom stereocenters.